The van der Waals surface area contributed by atoms with Gasteiger partial charge in [-0.15, -0.1) is 0 Å². The molecule has 0 radical (unpaired) electrons. The molecule has 7 heteroatoms. The van der Waals surface area contributed by atoms with E-state index in [4.69, 9.17) is 9.47 Å². The fraction of sp³-hybridized carbons (Fsp3) is 0.548. The van der Waals surface area contributed by atoms with Crippen LogP contribution in [0.25, 0.3) is 0 Å². The second kappa shape index (κ2) is 9.72. The van der Waals surface area contributed by atoms with Crippen molar-refractivity contribution in [2.75, 3.05) is 20.8 Å². The Labute approximate surface area is 221 Å². The highest BCUT2D eigenvalue weighted by Crippen LogP contribution is 2.69. The highest BCUT2D eigenvalue weighted by Gasteiger charge is 2.65. The van der Waals surface area contributed by atoms with Gasteiger partial charge in [-0.25, -0.2) is 0 Å². The molecule has 0 unspecified atom stereocenters. The standard InChI is InChI=1S/C31H33F3O4/c1-29-17-25(19-4-8-22(38-3)9-5-19)28-23-11-7-21(35)16-20(23)6-10-24(28)26(29)12-13-30(29,27(36)18-37-2)14-15-31(32,33)34/h4-5,8-9,16,24-26H,6-7,10-13,17-18H2,1-3H3/t24-,25+,26-,29-,30-/m0/s1. The zero-order valence-electron chi connectivity index (χ0n) is 22.0. The molecule has 0 amide bonds. The Balaban J connectivity index is 1.70. The van der Waals surface area contributed by atoms with Crippen molar-refractivity contribution in [1.82, 2.24) is 0 Å². The lowest BCUT2D eigenvalue weighted by molar-refractivity contribution is -0.136. The molecule has 5 atom stereocenters. The molecule has 38 heavy (non-hydrogen) atoms. The van der Waals surface area contributed by atoms with Crippen LogP contribution in [-0.2, 0) is 14.3 Å². The van der Waals surface area contributed by atoms with Gasteiger partial charge in [0.25, 0.3) is 0 Å². The Bertz CT molecular complexity index is 1260. The summed E-state index contributed by atoms with van der Waals surface area (Å²) in [5.41, 5.74) is 2.48. The topological polar surface area (TPSA) is 52.6 Å². The lowest BCUT2D eigenvalue weighted by Gasteiger charge is -2.54. The second-order valence-electron chi connectivity index (χ2n) is 11.3. The maximum Gasteiger partial charge on any atom is 0.457 e. The first-order chi connectivity index (χ1) is 18.0. The van der Waals surface area contributed by atoms with Crippen molar-refractivity contribution >= 4 is 11.6 Å². The predicted octanol–water partition coefficient (Wildman–Crippen LogP) is 6.36. The van der Waals surface area contributed by atoms with E-state index in [0.717, 1.165) is 29.7 Å². The lowest BCUT2D eigenvalue weighted by atomic mass is 9.48. The molecule has 202 valence electrons. The molecule has 0 bridgehead atoms. The minimum atomic E-state index is -4.69. The smallest absolute Gasteiger partial charge is 0.457 e. The summed E-state index contributed by atoms with van der Waals surface area (Å²) < 4.78 is 50.7. The van der Waals surface area contributed by atoms with E-state index < -0.39 is 17.0 Å². The quantitative estimate of drug-likeness (QED) is 0.419. The van der Waals surface area contributed by atoms with Gasteiger partial charge < -0.3 is 9.47 Å². The number of rotatable bonds is 5. The molecule has 5 rings (SSSR count). The minimum absolute atomic E-state index is 0.0158. The number of ether oxygens (including phenoxy) is 2. The average Bonchev–Trinajstić information content (AvgIpc) is 3.19. The number of carbonyl (C=O) groups is 2. The Hall–Kier alpha value is -2.85. The number of ketones is 2. The first kappa shape index (κ1) is 26.7. The van der Waals surface area contributed by atoms with Crippen LogP contribution < -0.4 is 4.74 Å². The molecule has 4 aliphatic carbocycles. The fourth-order valence-corrected chi connectivity index (χ4v) is 7.99. The number of fused-ring (bicyclic) bond motifs is 4. The van der Waals surface area contributed by atoms with Crippen molar-refractivity contribution in [3.63, 3.8) is 0 Å². The molecule has 1 aromatic rings. The van der Waals surface area contributed by atoms with Gasteiger partial charge in [0.15, 0.2) is 11.6 Å². The molecule has 1 aromatic carbocycles. The highest BCUT2D eigenvalue weighted by molar-refractivity contribution is 5.93. The molecule has 0 spiro atoms. The van der Waals surface area contributed by atoms with Gasteiger partial charge in [-0.2, -0.15) is 13.2 Å². The number of hydrogen-bond acceptors (Lipinski definition) is 4. The van der Waals surface area contributed by atoms with Crippen molar-refractivity contribution in [1.29, 1.82) is 0 Å². The van der Waals surface area contributed by atoms with Gasteiger partial charge in [0.05, 0.1) is 12.5 Å². The molecular formula is C31H33F3O4. The van der Waals surface area contributed by atoms with Crippen molar-refractivity contribution in [3.05, 3.63) is 52.6 Å². The summed E-state index contributed by atoms with van der Waals surface area (Å²) >= 11 is 0. The fourth-order valence-electron chi connectivity index (χ4n) is 7.99. The average molecular weight is 527 g/mol. The predicted molar refractivity (Wildman–Crippen MR) is 136 cm³/mol. The van der Waals surface area contributed by atoms with Gasteiger partial charge in [-0.1, -0.05) is 30.6 Å². The monoisotopic (exact) mass is 526 g/mol. The summed E-state index contributed by atoms with van der Waals surface area (Å²) in [4.78, 5) is 25.9. The van der Waals surface area contributed by atoms with E-state index in [1.165, 1.54) is 24.2 Å². The number of alkyl halides is 3. The molecule has 0 saturated heterocycles. The van der Waals surface area contributed by atoms with Crippen molar-refractivity contribution < 1.29 is 32.2 Å². The number of carbonyl (C=O) groups excluding carboxylic acids is 2. The van der Waals surface area contributed by atoms with Crippen molar-refractivity contribution in [2.45, 2.75) is 64.0 Å². The van der Waals surface area contributed by atoms with Crippen molar-refractivity contribution in [2.24, 2.45) is 22.7 Å². The van der Waals surface area contributed by atoms with Crippen molar-refractivity contribution in [3.8, 4) is 17.6 Å². The maximum atomic E-state index is 13.6. The number of halogens is 3. The minimum Gasteiger partial charge on any atom is -0.497 e. The van der Waals surface area contributed by atoms with Crippen LogP contribution in [0.1, 0.15) is 63.4 Å². The summed E-state index contributed by atoms with van der Waals surface area (Å²) in [5.74, 6) is 4.54. The third-order valence-corrected chi connectivity index (χ3v) is 9.62. The molecule has 0 heterocycles. The van der Waals surface area contributed by atoms with Crippen LogP contribution >= 0.6 is 0 Å². The number of methoxy groups -OCH3 is 2. The van der Waals surface area contributed by atoms with Crippen LogP contribution in [0, 0.1) is 34.5 Å². The first-order valence-corrected chi connectivity index (χ1v) is 13.3. The molecule has 0 aromatic heterocycles. The van der Waals surface area contributed by atoms with E-state index >= 15 is 0 Å². The van der Waals surface area contributed by atoms with Crippen LogP contribution in [0.2, 0.25) is 0 Å². The van der Waals surface area contributed by atoms with E-state index in [1.807, 2.05) is 31.2 Å². The van der Waals surface area contributed by atoms with E-state index in [0.29, 0.717) is 25.7 Å². The number of hydrogen-bond donors (Lipinski definition) is 0. The Morgan fingerprint density at radius 2 is 1.84 bits per heavy atom. The number of allylic oxidation sites excluding steroid dienone is 4. The molecule has 4 aliphatic rings. The summed E-state index contributed by atoms with van der Waals surface area (Å²) in [6.07, 6.45) is 1.26. The van der Waals surface area contributed by atoms with E-state index in [2.05, 4.69) is 5.92 Å². The third-order valence-electron chi connectivity index (χ3n) is 9.62. The zero-order chi connectivity index (χ0) is 27.3. The summed E-state index contributed by atoms with van der Waals surface area (Å²) in [5, 5.41) is 0. The van der Waals surface area contributed by atoms with E-state index in [-0.39, 0.29) is 42.3 Å². The highest BCUT2D eigenvalue weighted by atomic mass is 19.4. The zero-order valence-corrected chi connectivity index (χ0v) is 22.0. The largest absolute Gasteiger partial charge is 0.497 e. The Morgan fingerprint density at radius 3 is 2.50 bits per heavy atom. The van der Waals surface area contributed by atoms with Gasteiger partial charge >= 0.3 is 6.18 Å². The van der Waals surface area contributed by atoms with E-state index in [1.54, 1.807) is 13.2 Å². The van der Waals surface area contributed by atoms with Gasteiger partial charge in [0, 0.05) is 25.4 Å². The summed E-state index contributed by atoms with van der Waals surface area (Å²) in [7, 11) is 2.99. The number of benzene rings is 1. The third kappa shape index (κ3) is 4.31. The van der Waals surface area contributed by atoms with Crippen LogP contribution in [0.3, 0.4) is 0 Å². The first-order valence-electron chi connectivity index (χ1n) is 13.3. The lowest BCUT2D eigenvalue weighted by Crippen LogP contribution is -2.51. The van der Waals surface area contributed by atoms with Gasteiger partial charge in [0.2, 0.25) is 0 Å². The molecular weight excluding hydrogens is 493 g/mol. The summed E-state index contributed by atoms with van der Waals surface area (Å²) in [6.45, 7) is 1.71. The van der Waals surface area contributed by atoms with Gasteiger partial charge in [0.1, 0.15) is 12.4 Å². The molecule has 2 fully saturated rings. The molecule has 2 saturated carbocycles. The van der Waals surface area contributed by atoms with Crippen LogP contribution in [-0.4, -0.2) is 38.6 Å². The van der Waals surface area contributed by atoms with Crippen LogP contribution in [0.15, 0.2) is 47.1 Å². The molecule has 0 aliphatic heterocycles. The Morgan fingerprint density at radius 1 is 1.11 bits per heavy atom. The SMILES string of the molecule is COCC(=O)[C@@]1(C#CC(F)(F)F)CC[C@H]2[C@@H]3CCC4=CC(=O)CCC4=C3[C@@H](c3ccc(OC)cc3)C[C@@]21C. The summed E-state index contributed by atoms with van der Waals surface area (Å²) in [6, 6.07) is 7.82. The number of Topliss-reactive ketones (excluding diaryl/α,β-unsaturated/α-hetero) is 1. The molecule has 4 nitrogen and oxygen atoms in total. The normalized spacial score (nSPS) is 32.4. The molecule has 0 N–H and O–H groups in total. The second-order valence-corrected chi connectivity index (χ2v) is 11.3. The van der Waals surface area contributed by atoms with E-state index in [9.17, 15) is 22.8 Å². The van der Waals surface area contributed by atoms with Gasteiger partial charge in [-0.3, -0.25) is 9.59 Å². The van der Waals surface area contributed by atoms with Crippen LogP contribution in [0.4, 0.5) is 13.2 Å². The maximum absolute atomic E-state index is 13.6. The van der Waals surface area contributed by atoms with Gasteiger partial charge in [-0.05, 0) is 90.7 Å². The Kier molecular flexibility index (Phi) is 6.84. The van der Waals surface area contributed by atoms with Crippen LogP contribution in [0.5, 0.6) is 5.75 Å².